The van der Waals surface area contributed by atoms with E-state index in [0.29, 0.717) is 19.4 Å². The second-order valence-corrected chi connectivity index (χ2v) is 9.29. The molecule has 0 bridgehead atoms. The molecule has 178 valence electrons. The molecule has 1 saturated carbocycles. The number of carbonyl (C=O) groups is 3. The van der Waals surface area contributed by atoms with Gasteiger partial charge in [-0.05, 0) is 42.8 Å². The number of amides is 3. The highest BCUT2D eigenvalue weighted by Gasteiger charge is 2.33. The third-order valence-corrected chi connectivity index (χ3v) is 6.94. The average Bonchev–Trinajstić information content (AvgIpc) is 3.21. The summed E-state index contributed by atoms with van der Waals surface area (Å²) in [4.78, 5) is 40.3. The maximum absolute atomic E-state index is 13.6. The molecule has 0 spiro atoms. The summed E-state index contributed by atoms with van der Waals surface area (Å²) >= 11 is 0.847. The molecule has 1 atom stereocenters. The van der Waals surface area contributed by atoms with Gasteiger partial charge in [0.25, 0.3) is 11.8 Å². The van der Waals surface area contributed by atoms with Gasteiger partial charge in [-0.15, -0.1) is 0 Å². The second kappa shape index (κ2) is 11.8. The zero-order chi connectivity index (χ0) is 23.8. The minimum absolute atomic E-state index is 0.0230. The van der Waals surface area contributed by atoms with Crippen LogP contribution in [0.15, 0.2) is 30.3 Å². The van der Waals surface area contributed by atoms with Crippen molar-refractivity contribution in [3.05, 3.63) is 46.5 Å². The van der Waals surface area contributed by atoms with Crippen LogP contribution < -0.4 is 16.8 Å². The molecule has 0 radical (unpaired) electrons. The Kier molecular flexibility index (Phi) is 8.82. The highest BCUT2D eigenvalue weighted by atomic mass is 32.1. The van der Waals surface area contributed by atoms with E-state index < -0.39 is 17.9 Å². The van der Waals surface area contributed by atoms with Crippen LogP contribution in [0.5, 0.6) is 0 Å². The number of aromatic nitrogens is 1. The van der Waals surface area contributed by atoms with Crippen LogP contribution in [0.2, 0.25) is 0 Å². The molecule has 1 fully saturated rings. The first-order valence-electron chi connectivity index (χ1n) is 11.6. The lowest BCUT2D eigenvalue weighted by Crippen LogP contribution is -2.52. The molecule has 33 heavy (non-hydrogen) atoms. The van der Waals surface area contributed by atoms with Crippen molar-refractivity contribution in [1.82, 2.24) is 14.6 Å². The Morgan fingerprint density at radius 2 is 1.88 bits per heavy atom. The molecule has 1 heterocycles. The third-order valence-electron chi connectivity index (χ3n) is 6.09. The highest BCUT2D eigenvalue weighted by Crippen LogP contribution is 2.26. The summed E-state index contributed by atoms with van der Waals surface area (Å²) in [6.45, 7) is 2.34. The summed E-state index contributed by atoms with van der Waals surface area (Å²) in [5.74, 6) is -1.31. The predicted molar refractivity (Wildman–Crippen MR) is 130 cm³/mol. The van der Waals surface area contributed by atoms with E-state index >= 15 is 0 Å². The van der Waals surface area contributed by atoms with Crippen LogP contribution in [0.1, 0.15) is 77.6 Å². The number of nitrogens with one attached hydrogen (secondary N) is 1. The molecule has 9 heteroatoms. The van der Waals surface area contributed by atoms with Gasteiger partial charge in [0.2, 0.25) is 5.91 Å². The van der Waals surface area contributed by atoms with Crippen molar-refractivity contribution in [1.29, 1.82) is 0 Å². The number of hydrogen-bond donors (Lipinski definition) is 3. The first-order chi connectivity index (χ1) is 15.9. The zero-order valence-corrected chi connectivity index (χ0v) is 19.9. The first-order valence-corrected chi connectivity index (χ1v) is 12.4. The summed E-state index contributed by atoms with van der Waals surface area (Å²) in [6, 6.07) is 9.33. The summed E-state index contributed by atoms with van der Waals surface area (Å²) < 4.78 is 3.97. The van der Waals surface area contributed by atoms with Crippen molar-refractivity contribution < 1.29 is 14.4 Å². The molecule has 1 aromatic heterocycles. The fourth-order valence-corrected chi connectivity index (χ4v) is 5.06. The van der Waals surface area contributed by atoms with Crippen LogP contribution in [-0.4, -0.2) is 45.6 Å². The summed E-state index contributed by atoms with van der Waals surface area (Å²) in [5, 5.41) is 3.18. The van der Waals surface area contributed by atoms with E-state index in [1.54, 1.807) is 4.90 Å². The molecule has 3 amide bonds. The van der Waals surface area contributed by atoms with Crippen molar-refractivity contribution in [2.24, 2.45) is 5.73 Å². The fourth-order valence-electron chi connectivity index (χ4n) is 4.30. The number of primary amides is 1. The number of nitrogens with two attached hydrogens (primary N) is 2. The number of hydrogen-bond acceptors (Lipinski definition) is 6. The molecular formula is C24H33N5O3S. The van der Waals surface area contributed by atoms with Gasteiger partial charge >= 0.3 is 0 Å². The summed E-state index contributed by atoms with van der Waals surface area (Å²) in [7, 11) is 0. The van der Waals surface area contributed by atoms with E-state index in [2.05, 4.69) is 9.69 Å². The van der Waals surface area contributed by atoms with Gasteiger partial charge in [0, 0.05) is 12.6 Å². The average molecular weight is 472 g/mol. The van der Waals surface area contributed by atoms with Crippen LogP contribution >= 0.6 is 11.5 Å². The molecule has 1 aliphatic carbocycles. The molecule has 0 aliphatic heterocycles. The molecular weight excluding hydrogens is 438 g/mol. The molecule has 8 nitrogen and oxygen atoms in total. The Morgan fingerprint density at radius 1 is 1.18 bits per heavy atom. The van der Waals surface area contributed by atoms with Crippen LogP contribution in [0, 0.1) is 0 Å². The minimum atomic E-state index is -0.779. The SMILES string of the molecule is CCCC(C(=O)NC1CCCCC1)N(CCc1ccccc1)C(=O)c1snc(C(N)=O)c1N. The maximum Gasteiger partial charge on any atom is 0.270 e. The Balaban J connectivity index is 1.87. The summed E-state index contributed by atoms with van der Waals surface area (Å²) in [6.07, 6.45) is 7.19. The lowest BCUT2D eigenvalue weighted by atomic mass is 9.95. The van der Waals surface area contributed by atoms with Gasteiger partial charge in [0.15, 0.2) is 5.69 Å². The zero-order valence-electron chi connectivity index (χ0n) is 19.1. The standard InChI is InChI=1S/C24H33N5O3S/c1-2-9-18(23(31)27-17-12-7-4-8-13-17)29(15-14-16-10-5-3-6-11-16)24(32)21-19(25)20(22(26)30)28-33-21/h3,5-6,10-11,17-18H,2,4,7-9,12-15,25H2,1H3,(H2,26,30)(H,27,31). The van der Waals surface area contributed by atoms with Crippen molar-refractivity contribution in [2.45, 2.75) is 70.4 Å². The van der Waals surface area contributed by atoms with Gasteiger partial charge in [-0.3, -0.25) is 14.4 Å². The Labute approximate surface area is 198 Å². The lowest BCUT2D eigenvalue weighted by molar-refractivity contribution is -0.126. The van der Waals surface area contributed by atoms with Gasteiger partial charge in [-0.1, -0.05) is 62.9 Å². The van der Waals surface area contributed by atoms with E-state index in [4.69, 9.17) is 11.5 Å². The van der Waals surface area contributed by atoms with Crippen molar-refractivity contribution in [3.63, 3.8) is 0 Å². The smallest absolute Gasteiger partial charge is 0.270 e. The number of carbonyl (C=O) groups excluding carboxylic acids is 3. The predicted octanol–water partition coefficient (Wildman–Crippen LogP) is 3.13. The normalized spacial score (nSPS) is 15.1. The highest BCUT2D eigenvalue weighted by molar-refractivity contribution is 7.09. The van der Waals surface area contributed by atoms with E-state index in [0.717, 1.165) is 49.2 Å². The molecule has 1 aliphatic rings. The number of rotatable bonds is 10. The quantitative estimate of drug-likeness (QED) is 0.490. The number of anilines is 1. The van der Waals surface area contributed by atoms with Crippen molar-refractivity contribution in [3.8, 4) is 0 Å². The van der Waals surface area contributed by atoms with Gasteiger partial charge in [-0.25, -0.2) is 0 Å². The minimum Gasteiger partial charge on any atom is -0.395 e. The Morgan fingerprint density at radius 3 is 2.48 bits per heavy atom. The topological polar surface area (TPSA) is 131 Å². The molecule has 3 rings (SSSR count). The monoisotopic (exact) mass is 471 g/mol. The molecule has 0 saturated heterocycles. The van der Waals surface area contributed by atoms with Crippen LogP contribution in [-0.2, 0) is 11.2 Å². The van der Waals surface area contributed by atoms with E-state index in [1.807, 2.05) is 37.3 Å². The fraction of sp³-hybridized carbons (Fsp3) is 0.500. The Bertz CT molecular complexity index is 956. The summed E-state index contributed by atoms with van der Waals surface area (Å²) in [5.41, 5.74) is 12.3. The van der Waals surface area contributed by atoms with Crippen molar-refractivity contribution >= 4 is 34.9 Å². The lowest BCUT2D eigenvalue weighted by Gasteiger charge is -2.33. The van der Waals surface area contributed by atoms with Gasteiger partial charge in [-0.2, -0.15) is 4.37 Å². The van der Waals surface area contributed by atoms with Gasteiger partial charge < -0.3 is 21.7 Å². The van der Waals surface area contributed by atoms with E-state index in [9.17, 15) is 14.4 Å². The molecule has 5 N–H and O–H groups in total. The van der Waals surface area contributed by atoms with Crippen LogP contribution in [0.4, 0.5) is 5.69 Å². The van der Waals surface area contributed by atoms with Gasteiger partial charge in [0.05, 0.1) is 5.69 Å². The van der Waals surface area contributed by atoms with E-state index in [-0.39, 0.29) is 28.2 Å². The largest absolute Gasteiger partial charge is 0.395 e. The van der Waals surface area contributed by atoms with Gasteiger partial charge in [0.1, 0.15) is 10.9 Å². The second-order valence-electron chi connectivity index (χ2n) is 8.52. The number of nitrogen functional groups attached to an aromatic ring is 1. The Hall–Kier alpha value is -2.94. The van der Waals surface area contributed by atoms with E-state index in [1.165, 1.54) is 6.42 Å². The first kappa shape index (κ1) is 24.7. The van der Waals surface area contributed by atoms with Crippen LogP contribution in [0.3, 0.4) is 0 Å². The molecule has 1 unspecified atom stereocenters. The third kappa shape index (κ3) is 6.31. The van der Waals surface area contributed by atoms with Crippen molar-refractivity contribution in [2.75, 3.05) is 12.3 Å². The molecule has 2 aromatic rings. The maximum atomic E-state index is 13.6. The number of nitrogens with zero attached hydrogens (tertiary/aromatic N) is 2. The molecule has 1 aromatic carbocycles. The number of benzene rings is 1. The van der Waals surface area contributed by atoms with Crippen LogP contribution in [0.25, 0.3) is 0 Å².